The quantitative estimate of drug-likeness (QED) is 0.745. The summed E-state index contributed by atoms with van der Waals surface area (Å²) in [4.78, 5) is 28.4. The fourth-order valence-corrected chi connectivity index (χ4v) is 3.16. The standard InChI is InChI=1S/C21H25FN4O2/c22-18-8-6-17(7-9-18)16-21(28)24-23-20(27)10-11-25-12-14-26(15-13-25)19-4-2-1-3-5-19/h1-9H,10-16H2,(H,23,27)(H,24,28). The lowest BCUT2D eigenvalue weighted by molar-refractivity contribution is -0.128. The third-order valence-corrected chi connectivity index (χ3v) is 4.77. The normalized spacial score (nSPS) is 14.5. The summed E-state index contributed by atoms with van der Waals surface area (Å²) in [6.45, 7) is 4.32. The number of rotatable bonds is 6. The van der Waals surface area contributed by atoms with Crippen LogP contribution in [-0.2, 0) is 16.0 Å². The molecule has 1 aliphatic heterocycles. The van der Waals surface area contributed by atoms with Crippen molar-refractivity contribution in [1.82, 2.24) is 15.8 Å². The summed E-state index contributed by atoms with van der Waals surface area (Å²) < 4.78 is 12.9. The van der Waals surface area contributed by atoms with Crippen molar-refractivity contribution < 1.29 is 14.0 Å². The highest BCUT2D eigenvalue weighted by molar-refractivity contribution is 5.83. The van der Waals surface area contributed by atoms with Gasteiger partial charge in [0, 0.05) is 44.8 Å². The third kappa shape index (κ3) is 6.06. The number of hydrogen-bond acceptors (Lipinski definition) is 4. The topological polar surface area (TPSA) is 64.7 Å². The van der Waals surface area contributed by atoms with Gasteiger partial charge in [-0.25, -0.2) is 4.39 Å². The summed E-state index contributed by atoms with van der Waals surface area (Å²) in [5, 5.41) is 0. The molecular formula is C21H25FN4O2. The monoisotopic (exact) mass is 384 g/mol. The van der Waals surface area contributed by atoms with Crippen LogP contribution in [0.5, 0.6) is 0 Å². The van der Waals surface area contributed by atoms with E-state index >= 15 is 0 Å². The molecule has 1 saturated heterocycles. The minimum absolute atomic E-state index is 0.0853. The van der Waals surface area contributed by atoms with Crippen LogP contribution >= 0.6 is 0 Å². The molecule has 6 nitrogen and oxygen atoms in total. The van der Waals surface area contributed by atoms with Gasteiger partial charge >= 0.3 is 0 Å². The molecule has 2 amide bonds. The predicted octanol–water partition coefficient (Wildman–Crippen LogP) is 1.73. The lowest BCUT2D eigenvalue weighted by Crippen LogP contribution is -2.48. The van der Waals surface area contributed by atoms with Crippen LogP contribution in [0, 0.1) is 5.82 Å². The lowest BCUT2D eigenvalue weighted by atomic mass is 10.1. The lowest BCUT2D eigenvalue weighted by Gasteiger charge is -2.36. The molecule has 28 heavy (non-hydrogen) atoms. The zero-order chi connectivity index (χ0) is 19.8. The van der Waals surface area contributed by atoms with E-state index in [0.29, 0.717) is 18.5 Å². The molecule has 0 radical (unpaired) electrons. The molecule has 1 heterocycles. The van der Waals surface area contributed by atoms with E-state index in [4.69, 9.17) is 0 Å². The smallest absolute Gasteiger partial charge is 0.242 e. The number of para-hydroxylation sites is 1. The fourth-order valence-electron chi connectivity index (χ4n) is 3.16. The van der Waals surface area contributed by atoms with Gasteiger partial charge in [-0.1, -0.05) is 30.3 Å². The van der Waals surface area contributed by atoms with Gasteiger partial charge in [0.15, 0.2) is 0 Å². The first-order chi connectivity index (χ1) is 13.6. The van der Waals surface area contributed by atoms with Crippen LogP contribution in [0.15, 0.2) is 54.6 Å². The Morgan fingerprint density at radius 2 is 1.50 bits per heavy atom. The summed E-state index contributed by atoms with van der Waals surface area (Å²) in [6.07, 6.45) is 0.407. The second-order valence-corrected chi connectivity index (χ2v) is 6.81. The molecule has 7 heteroatoms. The Balaban J connectivity index is 1.31. The summed E-state index contributed by atoms with van der Waals surface area (Å²) in [5.74, 6) is -0.906. The summed E-state index contributed by atoms with van der Waals surface area (Å²) in [7, 11) is 0. The maximum Gasteiger partial charge on any atom is 0.242 e. The van der Waals surface area contributed by atoms with Crippen molar-refractivity contribution in [3.63, 3.8) is 0 Å². The van der Waals surface area contributed by atoms with Gasteiger partial charge < -0.3 is 4.90 Å². The highest BCUT2D eigenvalue weighted by Crippen LogP contribution is 2.15. The molecule has 0 saturated carbocycles. The first kappa shape index (κ1) is 19.8. The zero-order valence-electron chi connectivity index (χ0n) is 15.7. The van der Waals surface area contributed by atoms with Gasteiger partial charge in [-0.3, -0.25) is 25.3 Å². The molecule has 0 unspecified atom stereocenters. The summed E-state index contributed by atoms with van der Waals surface area (Å²) in [6, 6.07) is 16.0. The Hall–Kier alpha value is -2.93. The number of carbonyl (C=O) groups is 2. The van der Waals surface area contributed by atoms with Crippen molar-refractivity contribution in [3.05, 3.63) is 66.0 Å². The Morgan fingerprint density at radius 3 is 2.18 bits per heavy atom. The van der Waals surface area contributed by atoms with Gasteiger partial charge in [-0.05, 0) is 29.8 Å². The van der Waals surface area contributed by atoms with Gasteiger partial charge in [0.05, 0.1) is 6.42 Å². The number of nitrogens with zero attached hydrogens (tertiary/aromatic N) is 2. The van der Waals surface area contributed by atoms with Gasteiger partial charge in [0.25, 0.3) is 0 Å². The number of benzene rings is 2. The molecule has 0 bridgehead atoms. The molecule has 0 spiro atoms. The molecule has 0 aliphatic carbocycles. The van der Waals surface area contributed by atoms with Crippen molar-refractivity contribution >= 4 is 17.5 Å². The average molecular weight is 384 g/mol. The Labute approximate surface area is 164 Å². The van der Waals surface area contributed by atoms with Crippen LogP contribution in [0.1, 0.15) is 12.0 Å². The number of nitrogens with one attached hydrogen (secondary N) is 2. The summed E-state index contributed by atoms with van der Waals surface area (Å²) in [5.41, 5.74) is 6.75. The molecule has 1 fully saturated rings. The zero-order valence-corrected chi connectivity index (χ0v) is 15.7. The van der Waals surface area contributed by atoms with Crippen molar-refractivity contribution in [2.75, 3.05) is 37.6 Å². The first-order valence-electron chi connectivity index (χ1n) is 9.44. The van der Waals surface area contributed by atoms with Gasteiger partial charge in [0.2, 0.25) is 11.8 Å². The molecule has 2 N–H and O–H groups in total. The number of hydrogen-bond donors (Lipinski definition) is 2. The maximum atomic E-state index is 12.9. The number of amides is 2. The minimum Gasteiger partial charge on any atom is -0.369 e. The fraction of sp³-hybridized carbons (Fsp3) is 0.333. The van der Waals surface area contributed by atoms with Crippen molar-refractivity contribution in [3.8, 4) is 0 Å². The number of piperazine rings is 1. The third-order valence-electron chi connectivity index (χ3n) is 4.77. The molecule has 2 aromatic carbocycles. The summed E-state index contributed by atoms with van der Waals surface area (Å²) >= 11 is 0. The van der Waals surface area contributed by atoms with Crippen molar-refractivity contribution in [2.24, 2.45) is 0 Å². The highest BCUT2D eigenvalue weighted by Gasteiger charge is 2.17. The average Bonchev–Trinajstić information content (AvgIpc) is 2.73. The number of hydrazine groups is 1. The van der Waals surface area contributed by atoms with Crippen molar-refractivity contribution in [1.29, 1.82) is 0 Å². The number of carbonyl (C=O) groups excluding carboxylic acids is 2. The molecule has 3 rings (SSSR count). The van der Waals surface area contributed by atoms with Crippen LogP contribution < -0.4 is 15.8 Å². The van der Waals surface area contributed by atoms with Crippen LogP contribution in [0.4, 0.5) is 10.1 Å². The number of anilines is 1. The molecular weight excluding hydrogens is 359 g/mol. The second kappa shape index (κ2) is 9.85. The van der Waals surface area contributed by atoms with Gasteiger partial charge in [0.1, 0.15) is 5.82 Å². The SMILES string of the molecule is O=C(CCN1CCN(c2ccccc2)CC1)NNC(=O)Cc1ccc(F)cc1. The van der Waals surface area contributed by atoms with E-state index in [9.17, 15) is 14.0 Å². The Kier molecular flexibility index (Phi) is 6.97. The second-order valence-electron chi connectivity index (χ2n) is 6.81. The molecule has 2 aromatic rings. The van der Waals surface area contributed by atoms with E-state index in [1.54, 1.807) is 12.1 Å². The minimum atomic E-state index is -0.345. The van der Waals surface area contributed by atoms with Crippen LogP contribution in [0.3, 0.4) is 0 Å². The van der Waals surface area contributed by atoms with Crippen LogP contribution in [0.25, 0.3) is 0 Å². The highest BCUT2D eigenvalue weighted by atomic mass is 19.1. The van der Waals surface area contributed by atoms with E-state index in [1.165, 1.54) is 17.8 Å². The van der Waals surface area contributed by atoms with E-state index in [0.717, 1.165) is 26.2 Å². The number of halogens is 1. The van der Waals surface area contributed by atoms with E-state index in [-0.39, 0.29) is 24.1 Å². The van der Waals surface area contributed by atoms with E-state index < -0.39 is 0 Å². The van der Waals surface area contributed by atoms with Crippen LogP contribution in [0.2, 0.25) is 0 Å². The largest absolute Gasteiger partial charge is 0.369 e. The van der Waals surface area contributed by atoms with E-state index in [1.807, 2.05) is 18.2 Å². The molecule has 0 atom stereocenters. The Bertz CT molecular complexity index is 775. The molecule has 148 valence electrons. The van der Waals surface area contributed by atoms with E-state index in [2.05, 4.69) is 32.8 Å². The molecule has 0 aromatic heterocycles. The van der Waals surface area contributed by atoms with Crippen molar-refractivity contribution in [2.45, 2.75) is 12.8 Å². The maximum absolute atomic E-state index is 12.9. The van der Waals surface area contributed by atoms with Gasteiger partial charge in [-0.15, -0.1) is 0 Å². The Morgan fingerprint density at radius 1 is 0.857 bits per heavy atom. The predicted molar refractivity (Wildman–Crippen MR) is 106 cm³/mol. The van der Waals surface area contributed by atoms with Crippen LogP contribution in [-0.4, -0.2) is 49.4 Å². The molecule has 1 aliphatic rings. The van der Waals surface area contributed by atoms with Gasteiger partial charge in [-0.2, -0.15) is 0 Å². The first-order valence-corrected chi connectivity index (χ1v) is 9.44.